The SMILES string of the molecule is CCCC[C@@H](Oc1ccc(OC)c(OC)c1)C(=O)O. The number of aliphatic carboxylic acids is 1. The van der Waals surface area contributed by atoms with E-state index < -0.39 is 12.1 Å². The Kier molecular flexibility index (Phi) is 5.99. The molecule has 1 rings (SSSR count). The van der Waals surface area contributed by atoms with E-state index in [1.807, 2.05) is 6.92 Å². The lowest BCUT2D eigenvalue weighted by Crippen LogP contribution is -2.26. The van der Waals surface area contributed by atoms with Gasteiger partial charge >= 0.3 is 5.97 Å². The predicted molar refractivity (Wildman–Crippen MR) is 71.1 cm³/mol. The molecule has 0 aliphatic carbocycles. The zero-order valence-corrected chi connectivity index (χ0v) is 11.5. The Morgan fingerprint density at radius 1 is 1.26 bits per heavy atom. The maximum absolute atomic E-state index is 11.1. The number of unbranched alkanes of at least 4 members (excludes halogenated alkanes) is 1. The van der Waals surface area contributed by atoms with E-state index >= 15 is 0 Å². The van der Waals surface area contributed by atoms with Gasteiger partial charge in [0, 0.05) is 6.07 Å². The van der Waals surface area contributed by atoms with Crippen LogP contribution in [0.4, 0.5) is 0 Å². The van der Waals surface area contributed by atoms with Crippen LogP contribution in [0, 0.1) is 0 Å². The summed E-state index contributed by atoms with van der Waals surface area (Å²) in [7, 11) is 3.06. The highest BCUT2D eigenvalue weighted by molar-refractivity contribution is 5.72. The van der Waals surface area contributed by atoms with Gasteiger partial charge in [-0.1, -0.05) is 13.3 Å². The maximum atomic E-state index is 11.1. The van der Waals surface area contributed by atoms with Gasteiger partial charge in [-0.15, -0.1) is 0 Å². The van der Waals surface area contributed by atoms with Crippen LogP contribution in [0.3, 0.4) is 0 Å². The van der Waals surface area contributed by atoms with Crippen molar-refractivity contribution in [3.8, 4) is 17.2 Å². The van der Waals surface area contributed by atoms with Gasteiger partial charge in [0.1, 0.15) is 5.75 Å². The van der Waals surface area contributed by atoms with Crippen LogP contribution in [0.15, 0.2) is 18.2 Å². The van der Waals surface area contributed by atoms with Gasteiger partial charge in [-0.05, 0) is 25.0 Å². The van der Waals surface area contributed by atoms with Crippen LogP contribution < -0.4 is 14.2 Å². The zero-order valence-electron chi connectivity index (χ0n) is 11.5. The molecule has 1 atom stereocenters. The van der Waals surface area contributed by atoms with Crippen molar-refractivity contribution >= 4 is 5.97 Å². The van der Waals surface area contributed by atoms with Crippen LogP contribution in [0.1, 0.15) is 26.2 Å². The fourth-order valence-electron chi connectivity index (χ4n) is 1.68. The molecule has 106 valence electrons. The van der Waals surface area contributed by atoms with Crippen molar-refractivity contribution in [3.63, 3.8) is 0 Å². The van der Waals surface area contributed by atoms with Gasteiger partial charge < -0.3 is 19.3 Å². The first-order valence-electron chi connectivity index (χ1n) is 6.23. The van der Waals surface area contributed by atoms with E-state index in [1.165, 1.54) is 7.11 Å². The van der Waals surface area contributed by atoms with Crippen LogP contribution >= 0.6 is 0 Å². The third-order valence-electron chi connectivity index (χ3n) is 2.73. The molecule has 0 bridgehead atoms. The molecule has 5 nitrogen and oxygen atoms in total. The van der Waals surface area contributed by atoms with Crippen molar-refractivity contribution in [2.24, 2.45) is 0 Å². The number of carbonyl (C=O) groups is 1. The van der Waals surface area contributed by atoms with Crippen molar-refractivity contribution in [2.75, 3.05) is 14.2 Å². The van der Waals surface area contributed by atoms with Crippen molar-refractivity contribution in [3.05, 3.63) is 18.2 Å². The lowest BCUT2D eigenvalue weighted by molar-refractivity contribution is -0.145. The van der Waals surface area contributed by atoms with Gasteiger partial charge in [0.15, 0.2) is 17.6 Å². The van der Waals surface area contributed by atoms with E-state index in [0.717, 1.165) is 12.8 Å². The molecule has 5 heteroatoms. The molecule has 1 aromatic carbocycles. The second-order valence-corrected chi connectivity index (χ2v) is 4.10. The molecule has 0 unspecified atom stereocenters. The summed E-state index contributed by atoms with van der Waals surface area (Å²) in [6.45, 7) is 2.01. The molecule has 0 saturated heterocycles. The minimum atomic E-state index is -0.955. The highest BCUT2D eigenvalue weighted by Crippen LogP contribution is 2.31. The van der Waals surface area contributed by atoms with Gasteiger partial charge in [-0.25, -0.2) is 4.79 Å². The third kappa shape index (κ3) is 4.35. The molecule has 0 aliphatic heterocycles. The predicted octanol–water partition coefficient (Wildman–Crippen LogP) is 2.73. The molecular formula is C14H20O5. The number of hydrogen-bond acceptors (Lipinski definition) is 4. The van der Waals surface area contributed by atoms with Gasteiger partial charge in [0.05, 0.1) is 14.2 Å². The molecule has 0 spiro atoms. The number of hydrogen-bond donors (Lipinski definition) is 1. The van der Waals surface area contributed by atoms with Gasteiger partial charge in [-0.3, -0.25) is 0 Å². The summed E-state index contributed by atoms with van der Waals surface area (Å²) in [5.41, 5.74) is 0. The van der Waals surface area contributed by atoms with Gasteiger partial charge in [0.25, 0.3) is 0 Å². The molecule has 0 heterocycles. The molecule has 0 saturated carbocycles. The number of carboxylic acids is 1. The normalized spacial score (nSPS) is 11.7. The van der Waals surface area contributed by atoms with E-state index in [1.54, 1.807) is 25.3 Å². The quantitative estimate of drug-likeness (QED) is 0.785. The zero-order chi connectivity index (χ0) is 14.3. The molecule has 19 heavy (non-hydrogen) atoms. The summed E-state index contributed by atoms with van der Waals surface area (Å²) in [4.78, 5) is 11.1. The van der Waals surface area contributed by atoms with E-state index in [-0.39, 0.29) is 0 Å². The molecule has 1 N–H and O–H groups in total. The molecule has 0 fully saturated rings. The van der Waals surface area contributed by atoms with Crippen LogP contribution in [-0.2, 0) is 4.79 Å². The summed E-state index contributed by atoms with van der Waals surface area (Å²) >= 11 is 0. The Labute approximate surface area is 113 Å². The van der Waals surface area contributed by atoms with E-state index in [9.17, 15) is 4.79 Å². The summed E-state index contributed by atoms with van der Waals surface area (Å²) in [6, 6.07) is 4.98. The monoisotopic (exact) mass is 268 g/mol. The summed E-state index contributed by atoms with van der Waals surface area (Å²) < 4.78 is 15.7. The first-order chi connectivity index (χ1) is 9.12. The van der Waals surface area contributed by atoms with Crippen molar-refractivity contribution < 1.29 is 24.1 Å². The third-order valence-corrected chi connectivity index (χ3v) is 2.73. The summed E-state index contributed by atoms with van der Waals surface area (Å²) in [5, 5.41) is 9.11. The Hall–Kier alpha value is -1.91. The topological polar surface area (TPSA) is 65.0 Å². The second kappa shape index (κ2) is 7.51. The minimum absolute atomic E-state index is 0.459. The molecular weight excluding hydrogens is 248 g/mol. The fourth-order valence-corrected chi connectivity index (χ4v) is 1.68. The number of methoxy groups -OCH3 is 2. The van der Waals surface area contributed by atoms with E-state index in [2.05, 4.69) is 0 Å². The minimum Gasteiger partial charge on any atom is -0.493 e. The van der Waals surface area contributed by atoms with Crippen molar-refractivity contribution in [1.29, 1.82) is 0 Å². The van der Waals surface area contributed by atoms with Crippen molar-refractivity contribution in [2.45, 2.75) is 32.3 Å². The molecule has 1 aromatic rings. The Bertz CT molecular complexity index is 416. The average molecular weight is 268 g/mol. The first kappa shape index (κ1) is 15.1. The fraction of sp³-hybridized carbons (Fsp3) is 0.500. The second-order valence-electron chi connectivity index (χ2n) is 4.10. The van der Waals surface area contributed by atoms with Gasteiger partial charge in [-0.2, -0.15) is 0 Å². The largest absolute Gasteiger partial charge is 0.493 e. The lowest BCUT2D eigenvalue weighted by atomic mass is 10.1. The van der Waals surface area contributed by atoms with Gasteiger partial charge in [0.2, 0.25) is 0 Å². The average Bonchev–Trinajstić information content (AvgIpc) is 2.42. The number of carboxylic acid groups (broad SMARTS) is 1. The highest BCUT2D eigenvalue weighted by atomic mass is 16.5. The molecule has 0 radical (unpaired) electrons. The maximum Gasteiger partial charge on any atom is 0.344 e. The lowest BCUT2D eigenvalue weighted by Gasteiger charge is -2.16. The Morgan fingerprint density at radius 3 is 2.47 bits per heavy atom. The number of benzene rings is 1. The Morgan fingerprint density at radius 2 is 1.95 bits per heavy atom. The highest BCUT2D eigenvalue weighted by Gasteiger charge is 2.19. The molecule has 0 amide bonds. The summed E-state index contributed by atoms with van der Waals surface area (Å²) in [5.74, 6) is 0.597. The van der Waals surface area contributed by atoms with Crippen LogP contribution in [0.5, 0.6) is 17.2 Å². The standard InChI is InChI=1S/C14H20O5/c1-4-5-6-12(14(15)16)19-10-7-8-11(17-2)13(9-10)18-3/h7-9,12H,4-6H2,1-3H3,(H,15,16)/t12-/m1/s1. The smallest absolute Gasteiger partial charge is 0.344 e. The Balaban J connectivity index is 2.81. The van der Waals surface area contributed by atoms with Crippen LogP contribution in [0.2, 0.25) is 0 Å². The van der Waals surface area contributed by atoms with E-state index in [4.69, 9.17) is 19.3 Å². The molecule has 0 aliphatic rings. The number of ether oxygens (including phenoxy) is 3. The first-order valence-corrected chi connectivity index (χ1v) is 6.23. The van der Waals surface area contributed by atoms with Crippen LogP contribution in [0.25, 0.3) is 0 Å². The number of rotatable bonds is 8. The van der Waals surface area contributed by atoms with Crippen molar-refractivity contribution in [1.82, 2.24) is 0 Å². The van der Waals surface area contributed by atoms with Crippen LogP contribution in [-0.4, -0.2) is 31.4 Å². The van der Waals surface area contributed by atoms with E-state index in [0.29, 0.717) is 23.7 Å². The summed E-state index contributed by atoms with van der Waals surface area (Å²) in [6.07, 6.45) is 1.39. The molecule has 0 aromatic heterocycles.